The van der Waals surface area contributed by atoms with Gasteiger partial charge in [0.25, 0.3) is 12.3 Å². The van der Waals surface area contributed by atoms with E-state index in [1.165, 1.54) is 4.68 Å². The number of rotatable bonds is 4. The predicted molar refractivity (Wildman–Crippen MR) is 113 cm³/mol. The van der Waals surface area contributed by atoms with Crippen LogP contribution in [0.3, 0.4) is 0 Å². The molecule has 2 aliphatic rings. The van der Waals surface area contributed by atoms with Gasteiger partial charge in [-0.3, -0.25) is 4.79 Å². The molecular weight excluding hydrogens is 404 g/mol. The number of likely N-dealkylation sites (tertiary alicyclic amines) is 1. The fraction of sp³-hybridized carbons (Fsp3) is 0.682. The molecule has 170 valence electrons. The van der Waals surface area contributed by atoms with Gasteiger partial charge in [-0.05, 0) is 25.2 Å². The number of hydrogen-bond donors (Lipinski definition) is 1. The largest absolute Gasteiger partial charge is 0.367 e. The summed E-state index contributed by atoms with van der Waals surface area (Å²) in [7, 11) is 0. The van der Waals surface area contributed by atoms with Crippen molar-refractivity contribution < 1.29 is 18.1 Å². The van der Waals surface area contributed by atoms with E-state index < -0.39 is 12.5 Å². The van der Waals surface area contributed by atoms with Crippen LogP contribution in [0.15, 0.2) is 16.7 Å². The van der Waals surface area contributed by atoms with Crippen LogP contribution in [-0.4, -0.2) is 51.3 Å². The Morgan fingerprint density at radius 3 is 2.77 bits per heavy atom. The second-order valence-corrected chi connectivity index (χ2v) is 9.68. The smallest absolute Gasteiger partial charge is 0.276 e. The van der Waals surface area contributed by atoms with Crippen LogP contribution in [0.25, 0.3) is 0 Å². The summed E-state index contributed by atoms with van der Waals surface area (Å²) < 4.78 is 34.5. The number of piperidine rings is 1. The van der Waals surface area contributed by atoms with Crippen LogP contribution < -0.4 is 5.32 Å². The second kappa shape index (κ2) is 8.24. The molecule has 1 saturated heterocycles. The number of carbonyl (C=O) groups is 1. The molecule has 1 amide bonds. The van der Waals surface area contributed by atoms with Crippen LogP contribution in [0, 0.1) is 5.92 Å². The van der Waals surface area contributed by atoms with Gasteiger partial charge in [0, 0.05) is 43.1 Å². The van der Waals surface area contributed by atoms with Gasteiger partial charge in [-0.2, -0.15) is 5.10 Å². The third-order valence-electron chi connectivity index (χ3n) is 6.38. The lowest BCUT2D eigenvalue weighted by Crippen LogP contribution is -2.48. The zero-order chi connectivity index (χ0) is 22.3. The zero-order valence-electron chi connectivity index (χ0n) is 18.6. The number of carbonyl (C=O) groups excluding carboxylic acids is 1. The van der Waals surface area contributed by atoms with Crippen LogP contribution in [0.4, 0.5) is 14.6 Å². The number of alkyl halides is 2. The van der Waals surface area contributed by atoms with Crippen LogP contribution in [0.2, 0.25) is 0 Å². The molecule has 31 heavy (non-hydrogen) atoms. The fourth-order valence-corrected chi connectivity index (χ4v) is 4.52. The second-order valence-electron chi connectivity index (χ2n) is 9.68. The summed E-state index contributed by atoms with van der Waals surface area (Å²) in [5.74, 6) is 1.24. The molecule has 9 heteroatoms. The van der Waals surface area contributed by atoms with Crippen LogP contribution in [0.1, 0.15) is 74.9 Å². The lowest BCUT2D eigenvalue weighted by Gasteiger charge is -2.41. The van der Waals surface area contributed by atoms with Crippen molar-refractivity contribution in [2.75, 3.05) is 18.4 Å². The average Bonchev–Trinajstić information content (AvgIpc) is 3.39. The van der Waals surface area contributed by atoms with Gasteiger partial charge in [-0.25, -0.2) is 13.5 Å². The van der Waals surface area contributed by atoms with E-state index in [0.29, 0.717) is 36.8 Å². The van der Waals surface area contributed by atoms with E-state index in [4.69, 9.17) is 4.52 Å². The molecule has 4 heterocycles. The van der Waals surface area contributed by atoms with E-state index in [9.17, 15) is 13.6 Å². The molecule has 2 aromatic rings. The van der Waals surface area contributed by atoms with Crippen molar-refractivity contribution in [3.8, 4) is 0 Å². The summed E-state index contributed by atoms with van der Waals surface area (Å²) in [4.78, 5) is 14.7. The molecule has 0 aliphatic carbocycles. The van der Waals surface area contributed by atoms with E-state index in [0.717, 1.165) is 18.5 Å². The third kappa shape index (κ3) is 4.32. The molecule has 1 fully saturated rings. The molecule has 0 spiro atoms. The average molecular weight is 436 g/mol. The summed E-state index contributed by atoms with van der Waals surface area (Å²) in [5.41, 5.74) is 0.879. The highest BCUT2D eigenvalue weighted by Gasteiger charge is 2.40. The number of amides is 1. The monoisotopic (exact) mass is 435 g/mol. The van der Waals surface area contributed by atoms with Crippen LogP contribution in [0.5, 0.6) is 0 Å². The molecule has 0 unspecified atom stereocenters. The minimum absolute atomic E-state index is 0.0817. The van der Waals surface area contributed by atoms with Gasteiger partial charge in [-0.15, -0.1) is 0 Å². The van der Waals surface area contributed by atoms with Crippen molar-refractivity contribution in [3.63, 3.8) is 0 Å². The number of aromatic nitrogens is 3. The number of halogens is 2. The number of anilines is 1. The Morgan fingerprint density at radius 2 is 2.13 bits per heavy atom. The van der Waals surface area contributed by atoms with Gasteiger partial charge in [0.2, 0.25) is 0 Å². The molecule has 1 N–H and O–H groups in total. The Balaban J connectivity index is 1.52. The molecule has 2 aliphatic heterocycles. The standard InChI is InChI=1S/C22H31F2N5O2/c1-5-14-9-16(27-31-14)21(30)28-8-6-7-13(12-28)15-10-17(20(23)24)29-19(25-15)11-18(26-29)22(2,3)4/h9,11,13,15,17,20,25H,5-8,10,12H2,1-4H3/t13-,15-,17+/m0/s1. The molecule has 7 nitrogen and oxygen atoms in total. The summed E-state index contributed by atoms with van der Waals surface area (Å²) in [6.07, 6.45) is 0.177. The lowest BCUT2D eigenvalue weighted by molar-refractivity contribution is 0.0500. The Hall–Kier alpha value is -2.45. The number of fused-ring (bicyclic) bond motifs is 1. The topological polar surface area (TPSA) is 76.2 Å². The van der Waals surface area contributed by atoms with Gasteiger partial charge in [0.15, 0.2) is 5.69 Å². The first-order valence-corrected chi connectivity index (χ1v) is 11.1. The maximum atomic E-state index is 13.9. The first kappa shape index (κ1) is 21.8. The number of aryl methyl sites for hydroxylation is 1. The van der Waals surface area contributed by atoms with Gasteiger partial charge in [0.05, 0.1) is 5.69 Å². The highest BCUT2D eigenvalue weighted by molar-refractivity contribution is 5.92. The van der Waals surface area contributed by atoms with Crippen LogP contribution in [-0.2, 0) is 11.8 Å². The summed E-state index contributed by atoms with van der Waals surface area (Å²) in [5, 5.41) is 11.8. The Kier molecular flexibility index (Phi) is 5.79. The first-order chi connectivity index (χ1) is 14.7. The van der Waals surface area contributed by atoms with E-state index in [1.807, 2.05) is 33.8 Å². The zero-order valence-corrected chi connectivity index (χ0v) is 18.6. The fourth-order valence-electron chi connectivity index (χ4n) is 4.52. The molecule has 0 radical (unpaired) electrons. The van der Waals surface area contributed by atoms with Crippen LogP contribution >= 0.6 is 0 Å². The van der Waals surface area contributed by atoms with E-state index >= 15 is 0 Å². The quantitative estimate of drug-likeness (QED) is 0.776. The summed E-state index contributed by atoms with van der Waals surface area (Å²) in [6, 6.07) is 2.46. The normalized spacial score (nSPS) is 24.2. The lowest BCUT2D eigenvalue weighted by atomic mass is 9.85. The first-order valence-electron chi connectivity index (χ1n) is 11.1. The summed E-state index contributed by atoms with van der Waals surface area (Å²) >= 11 is 0. The molecule has 0 aromatic carbocycles. The Morgan fingerprint density at radius 1 is 1.35 bits per heavy atom. The van der Waals surface area contributed by atoms with E-state index in [1.54, 1.807) is 11.0 Å². The van der Waals surface area contributed by atoms with Crippen molar-refractivity contribution in [1.29, 1.82) is 0 Å². The molecular formula is C22H31F2N5O2. The van der Waals surface area contributed by atoms with Gasteiger partial charge in [-0.1, -0.05) is 32.9 Å². The number of hydrogen-bond acceptors (Lipinski definition) is 5. The molecule has 3 atom stereocenters. The summed E-state index contributed by atoms with van der Waals surface area (Å²) in [6.45, 7) is 9.16. The predicted octanol–water partition coefficient (Wildman–Crippen LogP) is 4.27. The number of nitrogens with one attached hydrogen (secondary N) is 1. The Bertz CT molecular complexity index is 933. The van der Waals surface area contributed by atoms with Crippen molar-refractivity contribution in [3.05, 3.63) is 29.3 Å². The minimum Gasteiger partial charge on any atom is -0.367 e. The SMILES string of the molecule is CCc1cc(C(=O)N2CCC[C@H]([C@@H]3C[C@H](C(F)F)n4nc(C(C)(C)C)cc4N3)C2)no1. The van der Waals surface area contributed by atoms with Gasteiger partial charge < -0.3 is 14.7 Å². The third-order valence-corrected chi connectivity index (χ3v) is 6.38. The van der Waals surface area contributed by atoms with E-state index in [-0.39, 0.29) is 29.7 Å². The number of nitrogens with zero attached hydrogens (tertiary/aromatic N) is 4. The van der Waals surface area contributed by atoms with Gasteiger partial charge in [0.1, 0.15) is 17.6 Å². The van der Waals surface area contributed by atoms with Crippen molar-refractivity contribution in [1.82, 2.24) is 19.8 Å². The highest BCUT2D eigenvalue weighted by Crippen LogP contribution is 2.38. The molecule has 0 bridgehead atoms. The van der Waals surface area contributed by atoms with Crippen molar-refractivity contribution >= 4 is 11.7 Å². The molecule has 2 aromatic heterocycles. The Labute approximate surface area is 181 Å². The highest BCUT2D eigenvalue weighted by atomic mass is 19.3. The molecule has 4 rings (SSSR count). The maximum Gasteiger partial charge on any atom is 0.276 e. The molecule has 0 saturated carbocycles. The van der Waals surface area contributed by atoms with E-state index in [2.05, 4.69) is 15.6 Å². The minimum atomic E-state index is -2.50. The van der Waals surface area contributed by atoms with Crippen molar-refractivity contribution in [2.45, 2.75) is 77.3 Å². The maximum absolute atomic E-state index is 13.9. The van der Waals surface area contributed by atoms with Gasteiger partial charge >= 0.3 is 0 Å². The van der Waals surface area contributed by atoms with Crippen molar-refractivity contribution in [2.24, 2.45) is 5.92 Å².